The molecule has 18 heavy (non-hydrogen) atoms. The topological polar surface area (TPSA) is 41.3 Å². The molecular weight excluding hydrogens is 226 g/mol. The van der Waals surface area contributed by atoms with E-state index >= 15 is 0 Å². The van der Waals surface area contributed by atoms with E-state index in [9.17, 15) is 0 Å². The van der Waals surface area contributed by atoms with Crippen LogP contribution in [-0.2, 0) is 6.54 Å². The fraction of sp³-hybridized carbons (Fsp3) is 0.786. The fourth-order valence-electron chi connectivity index (χ4n) is 1.89. The summed E-state index contributed by atoms with van der Waals surface area (Å²) in [6, 6.07) is 0.755. The predicted molar refractivity (Wildman–Crippen MR) is 75.8 cm³/mol. The SMILES string of the molecule is CCNCc1coc(N(CC(C)C)CC(C)C)n1. The number of aromatic nitrogens is 1. The van der Waals surface area contributed by atoms with Crippen LogP contribution in [0.1, 0.15) is 40.3 Å². The van der Waals surface area contributed by atoms with E-state index in [0.29, 0.717) is 11.8 Å². The first kappa shape index (κ1) is 15.0. The van der Waals surface area contributed by atoms with Gasteiger partial charge < -0.3 is 14.6 Å². The summed E-state index contributed by atoms with van der Waals surface area (Å²) in [6.07, 6.45) is 1.76. The largest absolute Gasteiger partial charge is 0.432 e. The van der Waals surface area contributed by atoms with Crippen LogP contribution in [0, 0.1) is 11.8 Å². The second-order valence-electron chi connectivity index (χ2n) is 5.59. The van der Waals surface area contributed by atoms with E-state index in [1.807, 2.05) is 0 Å². The van der Waals surface area contributed by atoms with Crippen LogP contribution < -0.4 is 10.2 Å². The van der Waals surface area contributed by atoms with Gasteiger partial charge in [0.1, 0.15) is 6.26 Å². The van der Waals surface area contributed by atoms with Gasteiger partial charge in [0.15, 0.2) is 0 Å². The Morgan fingerprint density at radius 1 is 1.22 bits per heavy atom. The van der Waals surface area contributed by atoms with Crippen LogP contribution in [0.4, 0.5) is 6.01 Å². The molecule has 1 aromatic heterocycles. The van der Waals surface area contributed by atoms with Crippen molar-refractivity contribution in [1.29, 1.82) is 0 Å². The Morgan fingerprint density at radius 2 is 1.83 bits per heavy atom. The van der Waals surface area contributed by atoms with Crippen molar-refractivity contribution in [3.8, 4) is 0 Å². The first-order chi connectivity index (χ1) is 8.52. The van der Waals surface area contributed by atoms with E-state index in [1.54, 1.807) is 6.26 Å². The van der Waals surface area contributed by atoms with Crippen LogP contribution in [0.25, 0.3) is 0 Å². The maximum Gasteiger partial charge on any atom is 0.297 e. The Bertz CT molecular complexity index is 324. The van der Waals surface area contributed by atoms with Gasteiger partial charge >= 0.3 is 0 Å². The molecule has 0 spiro atoms. The Morgan fingerprint density at radius 3 is 2.33 bits per heavy atom. The number of rotatable bonds is 8. The molecular formula is C14H27N3O. The highest BCUT2D eigenvalue weighted by atomic mass is 16.4. The van der Waals surface area contributed by atoms with Gasteiger partial charge in [-0.25, -0.2) is 0 Å². The minimum Gasteiger partial charge on any atom is -0.432 e. The first-order valence-electron chi connectivity index (χ1n) is 6.93. The summed E-state index contributed by atoms with van der Waals surface area (Å²) in [6.45, 7) is 14.7. The van der Waals surface area contributed by atoms with Crippen LogP contribution in [0.15, 0.2) is 10.7 Å². The molecule has 4 nitrogen and oxygen atoms in total. The summed E-state index contributed by atoms with van der Waals surface area (Å²) in [5.41, 5.74) is 0.976. The van der Waals surface area contributed by atoms with Crippen LogP contribution in [0.3, 0.4) is 0 Å². The molecule has 1 rings (SSSR count). The van der Waals surface area contributed by atoms with Crippen molar-refractivity contribution < 1.29 is 4.42 Å². The third kappa shape index (κ3) is 5.08. The number of oxazole rings is 1. The third-order valence-electron chi connectivity index (χ3n) is 2.54. The monoisotopic (exact) mass is 253 g/mol. The second-order valence-corrected chi connectivity index (χ2v) is 5.59. The highest BCUT2D eigenvalue weighted by Crippen LogP contribution is 2.17. The van der Waals surface area contributed by atoms with Gasteiger partial charge in [-0.3, -0.25) is 0 Å². The standard InChI is InChI=1S/C14H27N3O/c1-6-15-7-13-10-18-14(16-13)17(8-11(2)3)9-12(4)5/h10-12,15H,6-9H2,1-5H3. The average Bonchev–Trinajstić information content (AvgIpc) is 2.72. The van der Waals surface area contributed by atoms with Crippen LogP contribution in [0.5, 0.6) is 0 Å². The predicted octanol–water partition coefficient (Wildman–Crippen LogP) is 2.90. The summed E-state index contributed by atoms with van der Waals surface area (Å²) in [7, 11) is 0. The summed E-state index contributed by atoms with van der Waals surface area (Å²) < 4.78 is 5.60. The lowest BCUT2D eigenvalue weighted by atomic mass is 10.1. The zero-order valence-electron chi connectivity index (χ0n) is 12.4. The molecule has 0 bridgehead atoms. The zero-order valence-corrected chi connectivity index (χ0v) is 12.4. The fourth-order valence-corrected chi connectivity index (χ4v) is 1.89. The normalized spacial score (nSPS) is 11.5. The lowest BCUT2D eigenvalue weighted by Crippen LogP contribution is -2.31. The molecule has 0 saturated carbocycles. The summed E-state index contributed by atoms with van der Waals surface area (Å²) in [4.78, 5) is 6.79. The molecule has 0 fully saturated rings. The van der Waals surface area contributed by atoms with Gasteiger partial charge in [0.25, 0.3) is 6.01 Å². The number of hydrogen-bond acceptors (Lipinski definition) is 4. The first-order valence-corrected chi connectivity index (χ1v) is 6.93. The number of nitrogens with one attached hydrogen (secondary N) is 1. The van der Waals surface area contributed by atoms with Crippen LogP contribution in [0.2, 0.25) is 0 Å². The van der Waals surface area contributed by atoms with E-state index in [1.165, 1.54) is 0 Å². The van der Waals surface area contributed by atoms with E-state index in [4.69, 9.17) is 4.42 Å². The molecule has 0 unspecified atom stereocenters. The average molecular weight is 253 g/mol. The van der Waals surface area contributed by atoms with E-state index < -0.39 is 0 Å². The Kier molecular flexibility index (Phi) is 6.19. The molecule has 1 N–H and O–H groups in total. The summed E-state index contributed by atoms with van der Waals surface area (Å²) >= 11 is 0. The van der Waals surface area contributed by atoms with Crippen molar-refractivity contribution in [2.75, 3.05) is 24.5 Å². The molecule has 0 aliphatic carbocycles. The molecule has 0 saturated heterocycles. The van der Waals surface area contributed by atoms with Crippen molar-refractivity contribution in [3.63, 3.8) is 0 Å². The Labute approximate surface area is 111 Å². The lowest BCUT2D eigenvalue weighted by molar-refractivity contribution is 0.480. The number of nitrogens with zero attached hydrogens (tertiary/aromatic N) is 2. The van der Waals surface area contributed by atoms with E-state index in [0.717, 1.165) is 37.9 Å². The molecule has 0 aliphatic heterocycles. The molecule has 0 amide bonds. The van der Waals surface area contributed by atoms with Crippen molar-refractivity contribution in [3.05, 3.63) is 12.0 Å². The molecule has 0 radical (unpaired) electrons. The Balaban J connectivity index is 2.68. The molecule has 0 aliphatic rings. The Hall–Kier alpha value is -1.03. The molecule has 104 valence electrons. The van der Waals surface area contributed by atoms with E-state index in [2.05, 4.69) is 49.8 Å². The molecule has 1 heterocycles. The number of hydrogen-bond donors (Lipinski definition) is 1. The smallest absolute Gasteiger partial charge is 0.297 e. The van der Waals surface area contributed by atoms with Crippen LogP contribution >= 0.6 is 0 Å². The van der Waals surface area contributed by atoms with Crippen LogP contribution in [-0.4, -0.2) is 24.6 Å². The lowest BCUT2D eigenvalue weighted by Gasteiger charge is -2.24. The highest BCUT2D eigenvalue weighted by molar-refractivity contribution is 5.27. The van der Waals surface area contributed by atoms with Gasteiger partial charge in [-0.2, -0.15) is 4.98 Å². The molecule has 1 aromatic rings. The number of anilines is 1. The van der Waals surface area contributed by atoms with Crippen molar-refractivity contribution in [1.82, 2.24) is 10.3 Å². The highest BCUT2D eigenvalue weighted by Gasteiger charge is 2.15. The molecule has 0 atom stereocenters. The second kappa shape index (κ2) is 7.41. The quantitative estimate of drug-likeness (QED) is 0.773. The maximum absolute atomic E-state index is 5.60. The molecule has 4 heteroatoms. The third-order valence-corrected chi connectivity index (χ3v) is 2.54. The van der Waals surface area contributed by atoms with Gasteiger partial charge in [-0.1, -0.05) is 34.6 Å². The van der Waals surface area contributed by atoms with Gasteiger partial charge in [0, 0.05) is 19.6 Å². The van der Waals surface area contributed by atoms with Crippen molar-refractivity contribution in [2.45, 2.75) is 41.2 Å². The van der Waals surface area contributed by atoms with E-state index in [-0.39, 0.29) is 0 Å². The molecule has 0 aromatic carbocycles. The minimum atomic E-state index is 0.605. The van der Waals surface area contributed by atoms with Gasteiger partial charge in [-0.05, 0) is 18.4 Å². The van der Waals surface area contributed by atoms with Crippen molar-refractivity contribution in [2.24, 2.45) is 11.8 Å². The summed E-state index contributed by atoms with van der Waals surface area (Å²) in [5, 5.41) is 3.26. The zero-order chi connectivity index (χ0) is 13.5. The van der Waals surface area contributed by atoms with Gasteiger partial charge in [0.05, 0.1) is 5.69 Å². The summed E-state index contributed by atoms with van der Waals surface area (Å²) in [5.74, 6) is 1.21. The van der Waals surface area contributed by atoms with Gasteiger partial charge in [-0.15, -0.1) is 0 Å². The minimum absolute atomic E-state index is 0.605. The van der Waals surface area contributed by atoms with Crippen molar-refractivity contribution >= 4 is 6.01 Å². The maximum atomic E-state index is 5.60. The van der Waals surface area contributed by atoms with Gasteiger partial charge in [0.2, 0.25) is 0 Å².